The zero-order chi connectivity index (χ0) is 30.8. The van der Waals surface area contributed by atoms with Crippen molar-refractivity contribution in [2.75, 3.05) is 11.9 Å². The molecule has 2 aliphatic rings. The van der Waals surface area contributed by atoms with Gasteiger partial charge < -0.3 is 30.4 Å². The van der Waals surface area contributed by atoms with E-state index in [0.717, 1.165) is 19.3 Å². The molecule has 0 radical (unpaired) electrons. The van der Waals surface area contributed by atoms with E-state index in [9.17, 15) is 24.8 Å². The molecule has 228 valence electrons. The summed E-state index contributed by atoms with van der Waals surface area (Å²) in [7, 11) is 0. The topological polar surface area (TPSA) is 191 Å². The molecule has 42 heavy (non-hydrogen) atoms. The van der Waals surface area contributed by atoms with Gasteiger partial charge in [0.25, 0.3) is 0 Å². The molecule has 1 aliphatic carbocycles. The number of nitrogens with two attached hydrogens (primary N) is 1. The smallest absolute Gasteiger partial charge is 0.323 e. The molecule has 13 nitrogen and oxygen atoms in total. The van der Waals surface area contributed by atoms with Crippen molar-refractivity contribution in [1.82, 2.24) is 14.6 Å². The number of hydrogen-bond donors (Lipinski definition) is 3. The van der Waals surface area contributed by atoms with Crippen molar-refractivity contribution in [3.05, 3.63) is 24.2 Å². The van der Waals surface area contributed by atoms with Crippen molar-refractivity contribution in [3.63, 3.8) is 0 Å². The lowest BCUT2D eigenvalue weighted by molar-refractivity contribution is -0.163. The maximum atomic E-state index is 13.0. The maximum Gasteiger partial charge on any atom is 0.323 e. The number of carbonyl (C=O) groups is 3. The van der Waals surface area contributed by atoms with Crippen LogP contribution in [0.2, 0.25) is 0 Å². The molecule has 0 bridgehead atoms. The van der Waals surface area contributed by atoms with Crippen molar-refractivity contribution >= 4 is 29.2 Å². The van der Waals surface area contributed by atoms with Gasteiger partial charge in [-0.1, -0.05) is 41.0 Å². The average molecular weight is 585 g/mol. The first-order valence-electron chi connectivity index (χ1n) is 14.3. The van der Waals surface area contributed by atoms with Gasteiger partial charge in [-0.2, -0.15) is 10.4 Å². The Balaban J connectivity index is 1.66. The highest BCUT2D eigenvalue weighted by Gasteiger charge is 2.60. The predicted octanol–water partition coefficient (Wildman–Crippen LogP) is 2.21. The van der Waals surface area contributed by atoms with Crippen LogP contribution in [0.1, 0.15) is 72.4 Å². The number of carbonyl (C=O) groups excluding carboxylic acids is 3. The molecule has 1 amide bonds. The number of nitrogens with one attached hydrogen (secondary N) is 1. The third-order valence-corrected chi connectivity index (χ3v) is 8.26. The van der Waals surface area contributed by atoms with Gasteiger partial charge in [-0.3, -0.25) is 14.4 Å². The van der Waals surface area contributed by atoms with E-state index in [2.05, 4.69) is 15.4 Å². The van der Waals surface area contributed by atoms with Crippen LogP contribution in [0.4, 0.5) is 5.82 Å². The Kier molecular flexibility index (Phi) is 9.20. The normalized spacial score (nSPS) is 25.7. The van der Waals surface area contributed by atoms with Crippen molar-refractivity contribution < 1.29 is 33.7 Å². The summed E-state index contributed by atoms with van der Waals surface area (Å²) in [6, 6.07) is 4.09. The Morgan fingerprint density at radius 1 is 1.33 bits per heavy atom. The molecular weight excluding hydrogens is 544 g/mol. The molecule has 2 aromatic rings. The van der Waals surface area contributed by atoms with E-state index in [0.29, 0.717) is 11.9 Å². The predicted molar refractivity (Wildman–Crippen MR) is 149 cm³/mol. The number of fused-ring (bicyclic) bond motifs is 1. The lowest BCUT2D eigenvalue weighted by atomic mass is 9.83. The minimum atomic E-state index is -2.08. The summed E-state index contributed by atoms with van der Waals surface area (Å²) in [6.07, 6.45) is 0.793. The average Bonchev–Trinajstić information content (AvgIpc) is 3.48. The van der Waals surface area contributed by atoms with Crippen molar-refractivity contribution in [2.24, 2.45) is 23.0 Å². The second kappa shape index (κ2) is 12.3. The molecule has 4 rings (SSSR count). The number of amides is 1. The highest BCUT2D eigenvalue weighted by Crippen LogP contribution is 2.42. The van der Waals surface area contributed by atoms with Gasteiger partial charge in [-0.25, -0.2) is 9.50 Å². The van der Waals surface area contributed by atoms with Gasteiger partial charge in [0.2, 0.25) is 11.5 Å². The van der Waals surface area contributed by atoms with Crippen LogP contribution in [0.5, 0.6) is 0 Å². The van der Waals surface area contributed by atoms with E-state index in [-0.39, 0.29) is 42.3 Å². The van der Waals surface area contributed by atoms with Gasteiger partial charge in [0.1, 0.15) is 42.8 Å². The summed E-state index contributed by atoms with van der Waals surface area (Å²) in [5.74, 6) is -1.26. The number of rotatable bonds is 10. The molecule has 2 aromatic heterocycles. The molecule has 13 heteroatoms. The quantitative estimate of drug-likeness (QED) is 0.347. The molecule has 6 atom stereocenters. The van der Waals surface area contributed by atoms with Crippen LogP contribution in [0.3, 0.4) is 0 Å². The molecule has 2 fully saturated rings. The first-order chi connectivity index (χ1) is 19.8. The van der Waals surface area contributed by atoms with Crippen LogP contribution in [0.25, 0.3) is 5.52 Å². The van der Waals surface area contributed by atoms with E-state index >= 15 is 0 Å². The SMILES string of the molecule is CC[C@@H](C)C(=O)Nc1ncnn2c([C@]3(C#N)O[C@H](COC(=O)CC4CCC4)[C@@H](OC(=O)[C@H](N)C(C)(C)C)[C@H]3O)ccc12. The lowest BCUT2D eigenvalue weighted by Crippen LogP contribution is -2.49. The summed E-state index contributed by atoms with van der Waals surface area (Å²) >= 11 is 0. The zero-order valence-corrected chi connectivity index (χ0v) is 24.7. The highest BCUT2D eigenvalue weighted by molar-refractivity contribution is 5.94. The van der Waals surface area contributed by atoms with Crippen molar-refractivity contribution in [2.45, 2.75) is 96.7 Å². The molecule has 0 spiro atoms. The van der Waals surface area contributed by atoms with Gasteiger partial charge in [-0.15, -0.1) is 0 Å². The Bertz CT molecular complexity index is 1360. The largest absolute Gasteiger partial charge is 0.463 e. The number of ether oxygens (including phenoxy) is 3. The van der Waals surface area contributed by atoms with E-state index in [1.54, 1.807) is 33.8 Å². The number of aliphatic hydroxyl groups is 1. The fourth-order valence-corrected chi connectivity index (χ4v) is 4.91. The van der Waals surface area contributed by atoms with Gasteiger partial charge in [-0.05, 0) is 42.7 Å². The molecule has 1 saturated heterocycles. The van der Waals surface area contributed by atoms with Crippen LogP contribution in [-0.2, 0) is 34.2 Å². The second-order valence-electron chi connectivity index (χ2n) is 12.3. The summed E-state index contributed by atoms with van der Waals surface area (Å²) in [4.78, 5) is 42.2. The first-order valence-corrected chi connectivity index (χ1v) is 14.3. The Morgan fingerprint density at radius 3 is 2.64 bits per heavy atom. The van der Waals surface area contributed by atoms with Crippen molar-refractivity contribution in [1.29, 1.82) is 5.26 Å². The number of nitriles is 1. The number of aliphatic hydroxyl groups excluding tert-OH is 1. The molecular formula is C29H40N6O7. The number of aromatic nitrogens is 3. The van der Waals surface area contributed by atoms with Crippen LogP contribution in [-0.4, -0.2) is 68.5 Å². The summed E-state index contributed by atoms with van der Waals surface area (Å²) < 4.78 is 18.6. The van der Waals surface area contributed by atoms with Gasteiger partial charge in [0.15, 0.2) is 11.9 Å². The van der Waals surface area contributed by atoms with Crippen LogP contribution < -0.4 is 11.1 Å². The molecule has 1 aliphatic heterocycles. The van der Waals surface area contributed by atoms with E-state index < -0.39 is 47.3 Å². The minimum absolute atomic E-state index is 0.110. The van der Waals surface area contributed by atoms with Gasteiger partial charge in [0, 0.05) is 12.3 Å². The summed E-state index contributed by atoms with van der Waals surface area (Å²) in [6.45, 7) is 8.63. The lowest BCUT2D eigenvalue weighted by Gasteiger charge is -2.29. The fourth-order valence-electron chi connectivity index (χ4n) is 4.91. The highest BCUT2D eigenvalue weighted by atomic mass is 16.6. The van der Waals surface area contributed by atoms with Gasteiger partial charge in [0.05, 0.1) is 5.69 Å². The third-order valence-electron chi connectivity index (χ3n) is 8.26. The maximum absolute atomic E-state index is 13.0. The fraction of sp³-hybridized carbons (Fsp3) is 0.655. The number of nitrogens with zero attached hydrogens (tertiary/aromatic N) is 4. The molecule has 0 aromatic carbocycles. The second-order valence-corrected chi connectivity index (χ2v) is 12.3. The first kappa shape index (κ1) is 31.3. The standard InChI is InChI=1S/C29H40N6O7/c1-6-16(2)26(38)34-25-18-10-11-20(35(18)33-15-32-25)29(14-30)24(37)22(41-27(39)23(31)28(3,4)5)19(42-29)13-40-21(36)12-17-8-7-9-17/h10-11,15-17,19,22-24,37H,6-9,12-13,31H2,1-5H3,(H,32,33,34,38)/t16-,19-,22-,23+,24-,29+/m1/s1. The van der Waals surface area contributed by atoms with Crippen molar-refractivity contribution in [3.8, 4) is 6.07 Å². The Morgan fingerprint density at radius 2 is 2.05 bits per heavy atom. The number of esters is 2. The van der Waals surface area contributed by atoms with Crippen LogP contribution >= 0.6 is 0 Å². The third kappa shape index (κ3) is 6.11. The van der Waals surface area contributed by atoms with E-state index in [1.165, 1.54) is 16.9 Å². The number of anilines is 1. The minimum Gasteiger partial charge on any atom is -0.463 e. The molecule has 1 saturated carbocycles. The van der Waals surface area contributed by atoms with Gasteiger partial charge >= 0.3 is 11.9 Å². The number of hydrogen-bond acceptors (Lipinski definition) is 11. The molecule has 4 N–H and O–H groups in total. The monoisotopic (exact) mass is 584 g/mol. The van der Waals surface area contributed by atoms with Crippen LogP contribution in [0.15, 0.2) is 18.5 Å². The zero-order valence-electron chi connectivity index (χ0n) is 24.7. The summed E-state index contributed by atoms with van der Waals surface area (Å²) in [5.41, 5.74) is 3.85. The van der Waals surface area contributed by atoms with E-state index in [4.69, 9.17) is 19.9 Å². The molecule has 0 unspecified atom stereocenters. The molecule has 3 heterocycles. The van der Waals surface area contributed by atoms with E-state index in [1.807, 2.05) is 13.0 Å². The Labute approximate surface area is 244 Å². The van der Waals surface area contributed by atoms with Crippen LogP contribution in [0, 0.1) is 28.6 Å². The Hall–Kier alpha value is -3.60. The summed E-state index contributed by atoms with van der Waals surface area (Å²) in [5, 5.41) is 29.0.